The maximum absolute atomic E-state index is 13.9. The van der Waals surface area contributed by atoms with E-state index in [2.05, 4.69) is 29.8 Å². The molecular formula is C26H31N3O4. The molecule has 0 N–H and O–H groups in total. The molecule has 1 atom stereocenters. The SMILES string of the molecule is COCC(n1c(=O)n(Cc2cn(C)c3cccc(C)c23)c2ccccc21)C(C)(C)C(=O)OC. The summed E-state index contributed by atoms with van der Waals surface area (Å²) in [6.07, 6.45) is 2.08. The van der Waals surface area contributed by atoms with Gasteiger partial charge in [0.05, 0.1) is 42.8 Å². The first-order chi connectivity index (χ1) is 15.7. The van der Waals surface area contributed by atoms with E-state index in [-0.39, 0.29) is 12.3 Å². The Morgan fingerprint density at radius 1 is 1.03 bits per heavy atom. The van der Waals surface area contributed by atoms with Crippen molar-refractivity contribution in [3.05, 3.63) is 70.3 Å². The highest BCUT2D eigenvalue weighted by Gasteiger charge is 2.41. The van der Waals surface area contributed by atoms with Crippen LogP contribution >= 0.6 is 0 Å². The third-order valence-electron chi connectivity index (χ3n) is 6.68. The number of benzene rings is 2. The minimum absolute atomic E-state index is 0.180. The summed E-state index contributed by atoms with van der Waals surface area (Å²) in [4.78, 5) is 26.6. The molecule has 4 rings (SSSR count). The second kappa shape index (κ2) is 8.56. The molecule has 7 heteroatoms. The quantitative estimate of drug-likeness (QED) is 0.400. The number of carbonyl (C=O) groups excluding carboxylic acids is 1. The first kappa shape index (κ1) is 22.9. The topological polar surface area (TPSA) is 67.4 Å². The van der Waals surface area contributed by atoms with Gasteiger partial charge in [0, 0.05) is 31.3 Å². The number of esters is 1. The van der Waals surface area contributed by atoms with Gasteiger partial charge in [-0.3, -0.25) is 13.9 Å². The van der Waals surface area contributed by atoms with E-state index in [1.54, 1.807) is 30.1 Å². The summed E-state index contributed by atoms with van der Waals surface area (Å²) in [5, 5.41) is 1.16. The monoisotopic (exact) mass is 449 g/mol. The number of hydrogen-bond donors (Lipinski definition) is 0. The van der Waals surface area contributed by atoms with Crippen LogP contribution in [0.3, 0.4) is 0 Å². The van der Waals surface area contributed by atoms with Crippen LogP contribution in [-0.4, -0.2) is 40.5 Å². The van der Waals surface area contributed by atoms with Crippen molar-refractivity contribution >= 4 is 27.9 Å². The lowest BCUT2D eigenvalue weighted by Gasteiger charge is -2.32. The second-order valence-electron chi connectivity index (χ2n) is 9.15. The largest absolute Gasteiger partial charge is 0.469 e. The zero-order valence-corrected chi connectivity index (χ0v) is 20.1. The van der Waals surface area contributed by atoms with E-state index in [1.807, 2.05) is 37.4 Å². The number of methoxy groups -OCH3 is 2. The van der Waals surface area contributed by atoms with E-state index < -0.39 is 17.4 Å². The lowest BCUT2D eigenvalue weighted by molar-refractivity contribution is -0.154. The van der Waals surface area contributed by atoms with Gasteiger partial charge in [-0.15, -0.1) is 0 Å². The average Bonchev–Trinajstić information content (AvgIpc) is 3.26. The van der Waals surface area contributed by atoms with Crippen molar-refractivity contribution in [2.24, 2.45) is 12.5 Å². The first-order valence-electron chi connectivity index (χ1n) is 11.0. The summed E-state index contributed by atoms with van der Waals surface area (Å²) < 4.78 is 16.1. The minimum atomic E-state index is -0.973. The first-order valence-corrected chi connectivity index (χ1v) is 11.0. The molecule has 2 aromatic heterocycles. The molecule has 7 nitrogen and oxygen atoms in total. The van der Waals surface area contributed by atoms with Gasteiger partial charge in [0.15, 0.2) is 0 Å². The van der Waals surface area contributed by atoms with Crippen LogP contribution in [0, 0.1) is 12.3 Å². The van der Waals surface area contributed by atoms with Crippen LogP contribution in [0.15, 0.2) is 53.5 Å². The zero-order chi connectivity index (χ0) is 23.9. The van der Waals surface area contributed by atoms with Gasteiger partial charge >= 0.3 is 11.7 Å². The lowest BCUT2D eigenvalue weighted by Crippen LogP contribution is -2.42. The van der Waals surface area contributed by atoms with Crippen LogP contribution < -0.4 is 5.69 Å². The molecule has 0 aliphatic heterocycles. The molecule has 0 radical (unpaired) electrons. The zero-order valence-electron chi connectivity index (χ0n) is 20.1. The molecule has 0 bridgehead atoms. The van der Waals surface area contributed by atoms with Crippen molar-refractivity contribution in [2.45, 2.75) is 33.4 Å². The van der Waals surface area contributed by atoms with Crippen molar-refractivity contribution in [2.75, 3.05) is 20.8 Å². The Morgan fingerprint density at radius 3 is 2.36 bits per heavy atom. The molecule has 0 fully saturated rings. The van der Waals surface area contributed by atoms with Crippen LogP contribution in [0.5, 0.6) is 0 Å². The normalized spacial score (nSPS) is 13.0. The number of aryl methyl sites for hydroxylation is 2. The van der Waals surface area contributed by atoms with Crippen molar-refractivity contribution in [1.29, 1.82) is 0 Å². The summed E-state index contributed by atoms with van der Waals surface area (Å²) >= 11 is 0. The number of para-hydroxylation sites is 2. The van der Waals surface area contributed by atoms with Crippen molar-refractivity contribution < 1.29 is 14.3 Å². The van der Waals surface area contributed by atoms with Gasteiger partial charge in [0.2, 0.25) is 0 Å². The van der Waals surface area contributed by atoms with Gasteiger partial charge in [-0.05, 0) is 50.1 Å². The fourth-order valence-electron chi connectivity index (χ4n) is 4.87. The van der Waals surface area contributed by atoms with Crippen LogP contribution in [0.25, 0.3) is 21.9 Å². The molecule has 4 aromatic rings. The van der Waals surface area contributed by atoms with E-state index in [4.69, 9.17) is 9.47 Å². The second-order valence-corrected chi connectivity index (χ2v) is 9.15. The number of aromatic nitrogens is 3. The smallest absolute Gasteiger partial charge is 0.329 e. The Kier molecular flexibility index (Phi) is 5.93. The molecule has 0 aliphatic carbocycles. The van der Waals surface area contributed by atoms with E-state index in [0.717, 1.165) is 27.5 Å². The number of fused-ring (bicyclic) bond motifs is 2. The Morgan fingerprint density at radius 2 is 1.70 bits per heavy atom. The van der Waals surface area contributed by atoms with Crippen molar-refractivity contribution in [1.82, 2.24) is 13.7 Å². The summed E-state index contributed by atoms with van der Waals surface area (Å²) in [7, 11) is 4.96. The summed E-state index contributed by atoms with van der Waals surface area (Å²) in [6, 6.07) is 13.4. The van der Waals surface area contributed by atoms with Crippen LogP contribution in [0.2, 0.25) is 0 Å². The van der Waals surface area contributed by atoms with E-state index in [0.29, 0.717) is 6.54 Å². The number of rotatable bonds is 7. The Bertz CT molecular complexity index is 1390. The minimum Gasteiger partial charge on any atom is -0.469 e. The van der Waals surface area contributed by atoms with Gasteiger partial charge in [0.25, 0.3) is 0 Å². The molecule has 2 heterocycles. The van der Waals surface area contributed by atoms with E-state index >= 15 is 0 Å². The highest BCUT2D eigenvalue weighted by Crippen LogP contribution is 2.35. The third kappa shape index (κ3) is 3.66. The number of hydrogen-bond acceptors (Lipinski definition) is 4. The van der Waals surface area contributed by atoms with Gasteiger partial charge in [-0.2, -0.15) is 0 Å². The number of carbonyl (C=O) groups is 1. The Hall–Kier alpha value is -3.32. The van der Waals surface area contributed by atoms with E-state index in [1.165, 1.54) is 12.7 Å². The number of nitrogens with zero attached hydrogens (tertiary/aromatic N) is 3. The fourth-order valence-corrected chi connectivity index (χ4v) is 4.87. The molecule has 174 valence electrons. The van der Waals surface area contributed by atoms with Gasteiger partial charge in [-0.1, -0.05) is 24.3 Å². The summed E-state index contributed by atoms with van der Waals surface area (Å²) in [5.41, 5.74) is 3.80. The van der Waals surface area contributed by atoms with Crippen molar-refractivity contribution in [3.8, 4) is 0 Å². The predicted molar refractivity (Wildman–Crippen MR) is 130 cm³/mol. The Labute approximate surface area is 193 Å². The van der Waals surface area contributed by atoms with Crippen LogP contribution in [-0.2, 0) is 27.9 Å². The number of ether oxygens (including phenoxy) is 2. The molecule has 0 aliphatic rings. The maximum atomic E-state index is 13.9. The van der Waals surface area contributed by atoms with Crippen LogP contribution in [0.1, 0.15) is 31.0 Å². The molecule has 1 unspecified atom stereocenters. The molecule has 0 saturated heterocycles. The Balaban J connectivity index is 1.94. The summed E-state index contributed by atoms with van der Waals surface area (Å²) in [5.74, 6) is -0.391. The third-order valence-corrected chi connectivity index (χ3v) is 6.68. The standard InChI is InChI=1S/C26H31N3O4/c1-17-10-9-13-21-23(17)18(14-27(21)4)15-28-19-11-7-8-12-20(19)29(25(28)31)22(16-32-5)26(2,3)24(30)33-6/h7-14,22H,15-16H2,1-6H3. The summed E-state index contributed by atoms with van der Waals surface area (Å²) in [6.45, 7) is 6.28. The number of imidazole rings is 1. The fraction of sp³-hybridized carbons (Fsp3) is 0.385. The molecule has 2 aromatic carbocycles. The molecule has 0 spiro atoms. The van der Waals surface area contributed by atoms with Crippen molar-refractivity contribution in [3.63, 3.8) is 0 Å². The average molecular weight is 450 g/mol. The maximum Gasteiger partial charge on any atom is 0.329 e. The molecule has 33 heavy (non-hydrogen) atoms. The van der Waals surface area contributed by atoms with Gasteiger partial charge in [0.1, 0.15) is 0 Å². The van der Waals surface area contributed by atoms with Gasteiger partial charge < -0.3 is 14.0 Å². The highest BCUT2D eigenvalue weighted by atomic mass is 16.5. The molecule has 0 amide bonds. The van der Waals surface area contributed by atoms with Crippen LogP contribution in [0.4, 0.5) is 0 Å². The highest BCUT2D eigenvalue weighted by molar-refractivity contribution is 5.87. The lowest BCUT2D eigenvalue weighted by atomic mass is 9.84. The molecule has 0 saturated carbocycles. The predicted octanol–water partition coefficient (Wildman–Crippen LogP) is 4.04. The molecular weight excluding hydrogens is 418 g/mol. The van der Waals surface area contributed by atoms with Gasteiger partial charge in [-0.25, -0.2) is 4.79 Å². The van der Waals surface area contributed by atoms with E-state index in [9.17, 15) is 9.59 Å².